The van der Waals surface area contributed by atoms with Crippen LogP contribution in [0.4, 0.5) is 8.78 Å². The quantitative estimate of drug-likeness (QED) is 0.365. The molecule has 0 aromatic heterocycles. The number of carbonyl (C=O) groups excluding carboxylic acids is 2. The molecule has 0 aromatic rings. The molecular formula is C7H8F2O3. The van der Waals surface area contributed by atoms with Gasteiger partial charge in [0.15, 0.2) is 0 Å². The van der Waals surface area contributed by atoms with Crippen LogP contribution < -0.4 is 0 Å². The zero-order chi connectivity index (χ0) is 9.78. The van der Waals surface area contributed by atoms with E-state index in [2.05, 4.69) is 11.3 Å². The van der Waals surface area contributed by atoms with Crippen molar-refractivity contribution in [2.75, 3.05) is 6.61 Å². The van der Waals surface area contributed by atoms with E-state index in [1.165, 1.54) is 6.92 Å². The van der Waals surface area contributed by atoms with Crippen LogP contribution >= 0.6 is 0 Å². The van der Waals surface area contributed by atoms with Gasteiger partial charge in [0.1, 0.15) is 0 Å². The molecule has 0 aromatic carbocycles. The van der Waals surface area contributed by atoms with E-state index < -0.39 is 17.7 Å². The van der Waals surface area contributed by atoms with Crippen LogP contribution in [0, 0.1) is 0 Å². The maximum absolute atomic E-state index is 12.4. The molecule has 0 rings (SSSR count). The highest BCUT2D eigenvalue weighted by atomic mass is 19.3. The van der Waals surface area contributed by atoms with Crippen molar-refractivity contribution in [3.8, 4) is 0 Å². The Morgan fingerprint density at radius 3 is 2.42 bits per heavy atom. The van der Waals surface area contributed by atoms with Crippen LogP contribution in [0.15, 0.2) is 12.7 Å². The molecule has 12 heavy (non-hydrogen) atoms. The molecule has 0 saturated carbocycles. The van der Waals surface area contributed by atoms with Crippen molar-refractivity contribution >= 4 is 11.8 Å². The summed E-state index contributed by atoms with van der Waals surface area (Å²) in [6, 6.07) is 0. The smallest absolute Gasteiger partial charge is 0.381 e. The first-order valence-corrected chi connectivity index (χ1v) is 3.18. The zero-order valence-corrected chi connectivity index (χ0v) is 6.47. The topological polar surface area (TPSA) is 43.4 Å². The molecule has 0 spiro atoms. The van der Waals surface area contributed by atoms with E-state index in [0.717, 1.165) is 0 Å². The van der Waals surface area contributed by atoms with Gasteiger partial charge in [-0.05, 0) is 13.0 Å². The summed E-state index contributed by atoms with van der Waals surface area (Å²) in [6.45, 7) is 4.02. The van der Waals surface area contributed by atoms with E-state index in [9.17, 15) is 18.4 Å². The Morgan fingerprint density at radius 2 is 2.08 bits per heavy atom. The fraction of sp³-hybridized carbons (Fsp3) is 0.429. The van der Waals surface area contributed by atoms with Crippen LogP contribution in [-0.2, 0) is 14.3 Å². The van der Waals surface area contributed by atoms with Crippen LogP contribution in [0.5, 0.6) is 0 Å². The Hall–Kier alpha value is -1.26. The summed E-state index contributed by atoms with van der Waals surface area (Å²) >= 11 is 0. The van der Waals surface area contributed by atoms with Gasteiger partial charge in [0.2, 0.25) is 0 Å². The van der Waals surface area contributed by atoms with Crippen molar-refractivity contribution in [3.05, 3.63) is 12.7 Å². The number of allylic oxidation sites excluding steroid dienone is 1. The van der Waals surface area contributed by atoms with E-state index in [1.807, 2.05) is 0 Å². The molecular weight excluding hydrogens is 170 g/mol. The van der Waals surface area contributed by atoms with E-state index in [0.29, 0.717) is 0 Å². The average molecular weight is 178 g/mol. The van der Waals surface area contributed by atoms with Gasteiger partial charge >= 0.3 is 17.7 Å². The predicted octanol–water partition coefficient (Wildman–Crippen LogP) is 0.940. The van der Waals surface area contributed by atoms with Gasteiger partial charge in [0.25, 0.3) is 0 Å². The second-order valence-corrected chi connectivity index (χ2v) is 1.88. The first-order chi connectivity index (χ1) is 5.45. The van der Waals surface area contributed by atoms with Crippen molar-refractivity contribution in [2.24, 2.45) is 0 Å². The summed E-state index contributed by atoms with van der Waals surface area (Å²) in [7, 11) is 0. The highest BCUT2D eigenvalue weighted by Gasteiger charge is 2.40. The number of ketones is 1. The molecule has 0 amide bonds. The van der Waals surface area contributed by atoms with Gasteiger partial charge < -0.3 is 4.74 Å². The molecule has 0 saturated heterocycles. The monoisotopic (exact) mass is 178 g/mol. The Labute approximate surface area is 68.0 Å². The van der Waals surface area contributed by atoms with Crippen LogP contribution in [0.1, 0.15) is 6.92 Å². The van der Waals surface area contributed by atoms with Crippen LogP contribution in [0.2, 0.25) is 0 Å². The molecule has 5 heteroatoms. The summed E-state index contributed by atoms with van der Waals surface area (Å²) in [4.78, 5) is 20.9. The highest BCUT2D eigenvalue weighted by molar-refractivity contribution is 6.36. The van der Waals surface area contributed by atoms with Crippen molar-refractivity contribution in [1.29, 1.82) is 0 Å². The lowest BCUT2D eigenvalue weighted by molar-refractivity contribution is -0.162. The van der Waals surface area contributed by atoms with Crippen LogP contribution in [0.25, 0.3) is 0 Å². The molecule has 0 N–H and O–H groups in total. The SMILES string of the molecule is C=CC(F)(F)C(=O)C(=O)OCC. The van der Waals surface area contributed by atoms with Crippen molar-refractivity contribution in [1.82, 2.24) is 0 Å². The van der Waals surface area contributed by atoms with Gasteiger partial charge in [-0.1, -0.05) is 6.58 Å². The van der Waals surface area contributed by atoms with Gasteiger partial charge in [0.05, 0.1) is 6.61 Å². The van der Waals surface area contributed by atoms with Crippen molar-refractivity contribution in [2.45, 2.75) is 12.8 Å². The van der Waals surface area contributed by atoms with Crippen LogP contribution in [0.3, 0.4) is 0 Å². The molecule has 0 atom stereocenters. The van der Waals surface area contributed by atoms with Crippen molar-refractivity contribution in [3.63, 3.8) is 0 Å². The van der Waals surface area contributed by atoms with Crippen molar-refractivity contribution < 1.29 is 23.1 Å². The molecule has 3 nitrogen and oxygen atoms in total. The molecule has 0 aliphatic carbocycles. The summed E-state index contributed by atoms with van der Waals surface area (Å²) in [5, 5.41) is 0. The molecule has 0 aliphatic rings. The molecule has 0 aliphatic heterocycles. The number of Topliss-reactive ketones (excluding diaryl/α,β-unsaturated/α-hetero) is 1. The third-order valence-electron chi connectivity index (χ3n) is 1.02. The maximum atomic E-state index is 12.4. The van der Waals surface area contributed by atoms with Gasteiger partial charge in [-0.15, -0.1) is 0 Å². The number of rotatable bonds is 4. The lowest BCUT2D eigenvalue weighted by Gasteiger charge is -2.07. The predicted molar refractivity (Wildman–Crippen MR) is 36.8 cm³/mol. The molecule has 0 bridgehead atoms. The second-order valence-electron chi connectivity index (χ2n) is 1.88. The molecule has 0 heterocycles. The molecule has 68 valence electrons. The Balaban J connectivity index is 4.39. The minimum atomic E-state index is -3.83. The van der Waals surface area contributed by atoms with Crippen LogP contribution in [-0.4, -0.2) is 24.3 Å². The number of ether oxygens (including phenoxy) is 1. The lowest BCUT2D eigenvalue weighted by Crippen LogP contribution is -2.34. The Morgan fingerprint density at radius 1 is 1.58 bits per heavy atom. The zero-order valence-electron chi connectivity index (χ0n) is 6.47. The third-order valence-corrected chi connectivity index (χ3v) is 1.02. The number of carbonyl (C=O) groups is 2. The maximum Gasteiger partial charge on any atom is 0.381 e. The lowest BCUT2D eigenvalue weighted by atomic mass is 10.2. The minimum Gasteiger partial charge on any atom is -0.460 e. The first-order valence-electron chi connectivity index (χ1n) is 3.18. The number of hydrogen-bond donors (Lipinski definition) is 0. The number of hydrogen-bond acceptors (Lipinski definition) is 3. The van der Waals surface area contributed by atoms with E-state index in [4.69, 9.17) is 0 Å². The number of halogens is 2. The van der Waals surface area contributed by atoms with Gasteiger partial charge in [-0.3, -0.25) is 4.79 Å². The van der Waals surface area contributed by atoms with Gasteiger partial charge in [-0.2, -0.15) is 8.78 Å². The second kappa shape index (κ2) is 3.94. The molecule has 0 radical (unpaired) electrons. The normalized spacial score (nSPS) is 10.6. The van der Waals surface area contributed by atoms with Gasteiger partial charge in [-0.25, -0.2) is 4.79 Å². The van der Waals surface area contributed by atoms with E-state index in [1.54, 1.807) is 0 Å². The fourth-order valence-electron chi connectivity index (χ4n) is 0.425. The number of alkyl halides is 2. The average Bonchev–Trinajstić information content (AvgIpc) is 2.03. The summed E-state index contributed by atoms with van der Waals surface area (Å²) in [5.41, 5.74) is 0. The van der Waals surface area contributed by atoms with E-state index >= 15 is 0 Å². The third kappa shape index (κ3) is 2.41. The molecule has 0 unspecified atom stereocenters. The largest absolute Gasteiger partial charge is 0.460 e. The number of esters is 1. The van der Waals surface area contributed by atoms with E-state index in [-0.39, 0.29) is 12.7 Å². The molecule has 0 fully saturated rings. The van der Waals surface area contributed by atoms with Gasteiger partial charge in [0, 0.05) is 0 Å². The summed E-state index contributed by atoms with van der Waals surface area (Å²) < 4.78 is 28.8. The Kier molecular flexibility index (Phi) is 3.53. The first kappa shape index (κ1) is 10.7. The standard InChI is InChI=1S/C7H8F2O3/c1-3-7(8,9)5(10)6(11)12-4-2/h3H,1,4H2,2H3. The summed E-state index contributed by atoms with van der Waals surface area (Å²) in [6.07, 6.45) is 0.103. The highest BCUT2D eigenvalue weighted by Crippen LogP contribution is 2.16. The fourth-order valence-corrected chi connectivity index (χ4v) is 0.425. The minimum absolute atomic E-state index is 0.103. The Bertz CT molecular complexity index is 211. The summed E-state index contributed by atoms with van der Waals surface area (Å²) in [5.74, 6) is -7.26.